The fourth-order valence-corrected chi connectivity index (χ4v) is 6.64. The molecule has 6 rings (SSSR count). The zero-order valence-electron chi connectivity index (χ0n) is 29.1. The lowest BCUT2D eigenvalue weighted by Crippen LogP contribution is -2.20. The lowest BCUT2D eigenvalue weighted by molar-refractivity contribution is 0.589. The molecule has 0 fully saturated rings. The first-order chi connectivity index (χ1) is 20.3. The summed E-state index contributed by atoms with van der Waals surface area (Å²) in [4.78, 5) is 0. The first-order valence-electron chi connectivity index (χ1n) is 16.4. The molecule has 0 unspecified atom stereocenters. The quantitative estimate of drug-likeness (QED) is 0.198. The van der Waals surface area contributed by atoms with Crippen molar-refractivity contribution in [2.24, 2.45) is 0 Å². The van der Waals surface area contributed by atoms with Crippen molar-refractivity contribution in [3.05, 3.63) is 137 Å². The molecule has 0 spiro atoms. The molecule has 0 amide bonds. The highest BCUT2D eigenvalue weighted by Gasteiger charge is 2.21. The van der Waals surface area contributed by atoms with Crippen molar-refractivity contribution in [1.29, 1.82) is 0 Å². The summed E-state index contributed by atoms with van der Waals surface area (Å²) in [6.07, 6.45) is 4.99. The largest absolute Gasteiger partial charge is 0.0578 e. The van der Waals surface area contributed by atoms with Crippen LogP contribution in [0, 0.1) is 20.9 Å². The molecule has 4 aromatic carbocycles. The van der Waals surface area contributed by atoms with Crippen LogP contribution in [-0.2, 0) is 21.7 Å². The Bertz CT molecular complexity index is 2120. The van der Waals surface area contributed by atoms with E-state index in [1.807, 2.05) is 0 Å². The molecule has 4 aromatic rings. The number of fused-ring (bicyclic) bond motifs is 5. The maximum atomic E-state index is 2.50. The Hall–Kier alpha value is -3.64. The van der Waals surface area contributed by atoms with Gasteiger partial charge in [-0.05, 0) is 121 Å². The third-order valence-electron chi connectivity index (χ3n) is 9.66. The Morgan fingerprint density at radius 3 is 0.864 bits per heavy atom. The smallest absolute Gasteiger partial charge is 0.00925 e. The van der Waals surface area contributed by atoms with E-state index in [0.29, 0.717) is 0 Å². The van der Waals surface area contributed by atoms with Crippen LogP contribution in [0.4, 0.5) is 0 Å². The number of benzene rings is 4. The molecule has 0 heterocycles. The first-order valence-corrected chi connectivity index (χ1v) is 16.4. The van der Waals surface area contributed by atoms with Crippen LogP contribution in [0.1, 0.15) is 105 Å². The average molecular weight is 579 g/mol. The summed E-state index contributed by atoms with van der Waals surface area (Å²) in [7, 11) is 0. The van der Waals surface area contributed by atoms with Crippen LogP contribution in [0.3, 0.4) is 0 Å². The van der Waals surface area contributed by atoms with Crippen molar-refractivity contribution >= 4 is 23.3 Å². The molecule has 2 aliphatic rings. The number of hydrogen-bond acceptors (Lipinski definition) is 0. The molecule has 0 radical (unpaired) electrons. The monoisotopic (exact) mass is 578 g/mol. The lowest BCUT2D eigenvalue weighted by Gasteiger charge is -2.20. The number of rotatable bonds is 0. The molecule has 44 heavy (non-hydrogen) atoms. The predicted octanol–water partition coefficient (Wildman–Crippen LogP) is 8.04. The summed E-state index contributed by atoms with van der Waals surface area (Å²) in [5.41, 5.74) is 8.32. The Morgan fingerprint density at radius 1 is 0.295 bits per heavy atom. The van der Waals surface area contributed by atoms with Gasteiger partial charge in [0.15, 0.2) is 0 Å². The van der Waals surface area contributed by atoms with Crippen LogP contribution in [0.5, 0.6) is 0 Å². The van der Waals surface area contributed by atoms with Gasteiger partial charge in [0.2, 0.25) is 0 Å². The SMILES string of the molecule is CC(C)(C)c1ccc2c(c1)=CC1=c3cc(C(C)(C)C)ccc3=c3ccc(C(C)(C)C)cc3=CC1=c1cc(C(C)(C)C)ccc1=2. The Labute approximate surface area is 264 Å². The molecular formula is C44H50. The highest BCUT2D eigenvalue weighted by Crippen LogP contribution is 2.27. The molecule has 0 saturated heterocycles. The first kappa shape index (κ1) is 30.4. The zero-order chi connectivity index (χ0) is 32.0. The van der Waals surface area contributed by atoms with E-state index >= 15 is 0 Å². The van der Waals surface area contributed by atoms with Gasteiger partial charge in [-0.1, -0.05) is 144 Å². The molecular weight excluding hydrogens is 528 g/mol. The van der Waals surface area contributed by atoms with Crippen LogP contribution in [0.2, 0.25) is 0 Å². The molecule has 0 bridgehead atoms. The van der Waals surface area contributed by atoms with Crippen LogP contribution in [0.25, 0.3) is 23.3 Å². The summed E-state index contributed by atoms with van der Waals surface area (Å²) < 4.78 is 0. The highest BCUT2D eigenvalue weighted by molar-refractivity contribution is 6.14. The Kier molecular flexibility index (Phi) is 6.86. The summed E-state index contributed by atoms with van der Waals surface area (Å²) in [5, 5.41) is 10.5. The van der Waals surface area contributed by atoms with Gasteiger partial charge in [-0.25, -0.2) is 0 Å². The van der Waals surface area contributed by atoms with E-state index in [2.05, 4.69) is 168 Å². The molecule has 0 saturated carbocycles. The van der Waals surface area contributed by atoms with Gasteiger partial charge in [0.05, 0.1) is 0 Å². The summed E-state index contributed by atoms with van der Waals surface area (Å²) >= 11 is 0. The average Bonchev–Trinajstić information content (AvgIpc) is 3.13. The Balaban J connectivity index is 1.98. The normalized spacial score (nSPS) is 14.6. The van der Waals surface area contributed by atoms with E-state index in [4.69, 9.17) is 0 Å². The minimum Gasteiger partial charge on any atom is -0.0578 e. The second kappa shape index (κ2) is 9.93. The van der Waals surface area contributed by atoms with E-state index in [1.54, 1.807) is 0 Å². The highest BCUT2D eigenvalue weighted by atomic mass is 14.2. The molecule has 0 atom stereocenters. The van der Waals surface area contributed by atoms with Crippen LogP contribution in [-0.4, -0.2) is 0 Å². The molecule has 2 aliphatic carbocycles. The van der Waals surface area contributed by atoms with Gasteiger partial charge in [-0.15, -0.1) is 0 Å². The van der Waals surface area contributed by atoms with E-state index in [9.17, 15) is 0 Å². The van der Waals surface area contributed by atoms with Crippen molar-refractivity contribution in [3.63, 3.8) is 0 Å². The predicted molar refractivity (Wildman–Crippen MR) is 190 cm³/mol. The van der Waals surface area contributed by atoms with Gasteiger partial charge >= 0.3 is 0 Å². The lowest BCUT2D eigenvalue weighted by atomic mass is 9.85. The molecule has 0 N–H and O–H groups in total. The Morgan fingerprint density at radius 2 is 0.568 bits per heavy atom. The van der Waals surface area contributed by atoms with Crippen LogP contribution >= 0.6 is 0 Å². The standard InChI is InChI=1S/C44H50/c1-41(2,3)29-13-17-33-27(21-29)23-37-38(39-25-31(43(7,8)9)15-19-35(33)39)24-28-22-30(42(4,5)6)14-18-34(28)36-20-16-32(26-40(36)37)44(10,11)12/h13-26H,1-12H3. The van der Waals surface area contributed by atoms with E-state index in [0.717, 1.165) is 0 Å². The van der Waals surface area contributed by atoms with Crippen molar-refractivity contribution in [2.45, 2.75) is 105 Å². The van der Waals surface area contributed by atoms with Crippen LogP contribution in [0.15, 0.2) is 72.8 Å². The maximum absolute atomic E-state index is 2.50. The topological polar surface area (TPSA) is 0 Å². The van der Waals surface area contributed by atoms with Gasteiger partial charge in [0, 0.05) is 0 Å². The summed E-state index contributed by atoms with van der Waals surface area (Å²) in [6, 6.07) is 28.7. The van der Waals surface area contributed by atoms with Gasteiger partial charge in [0.1, 0.15) is 0 Å². The molecule has 0 aromatic heterocycles. The molecule has 0 heteroatoms. The fourth-order valence-electron chi connectivity index (χ4n) is 6.64. The third kappa shape index (κ3) is 5.32. The second-order valence-electron chi connectivity index (χ2n) is 17.2. The van der Waals surface area contributed by atoms with E-state index < -0.39 is 0 Å². The number of hydrogen-bond donors (Lipinski definition) is 0. The third-order valence-corrected chi connectivity index (χ3v) is 9.66. The zero-order valence-corrected chi connectivity index (χ0v) is 29.1. The minimum absolute atomic E-state index is 0.0457. The summed E-state index contributed by atoms with van der Waals surface area (Å²) in [6.45, 7) is 27.8. The molecule has 0 aliphatic heterocycles. The maximum Gasteiger partial charge on any atom is -0.00925 e. The van der Waals surface area contributed by atoms with Gasteiger partial charge in [-0.2, -0.15) is 0 Å². The van der Waals surface area contributed by atoms with Crippen molar-refractivity contribution in [3.8, 4) is 0 Å². The van der Waals surface area contributed by atoms with Gasteiger partial charge in [0.25, 0.3) is 0 Å². The fraction of sp³-hybridized carbons (Fsp3) is 0.364. The van der Waals surface area contributed by atoms with E-state index in [-0.39, 0.29) is 21.7 Å². The molecule has 226 valence electrons. The van der Waals surface area contributed by atoms with Gasteiger partial charge in [-0.3, -0.25) is 0 Å². The molecule has 0 nitrogen and oxygen atoms in total. The van der Waals surface area contributed by atoms with Crippen molar-refractivity contribution in [1.82, 2.24) is 0 Å². The van der Waals surface area contributed by atoms with Gasteiger partial charge < -0.3 is 0 Å². The van der Waals surface area contributed by atoms with Crippen LogP contribution < -0.4 is 20.9 Å². The minimum atomic E-state index is 0.0457. The van der Waals surface area contributed by atoms with E-state index in [1.165, 1.54) is 75.1 Å². The summed E-state index contributed by atoms with van der Waals surface area (Å²) in [5.74, 6) is 0. The van der Waals surface area contributed by atoms with Crippen molar-refractivity contribution in [2.75, 3.05) is 0 Å². The van der Waals surface area contributed by atoms with Crippen molar-refractivity contribution < 1.29 is 0 Å². The second-order valence-corrected chi connectivity index (χ2v) is 17.2.